The molecule has 1 atom stereocenters. The summed E-state index contributed by atoms with van der Waals surface area (Å²) in [6, 6.07) is 10.9. The van der Waals surface area contributed by atoms with E-state index in [-0.39, 0.29) is 24.2 Å². The number of aromatic nitrogens is 3. The van der Waals surface area contributed by atoms with Crippen molar-refractivity contribution in [3.63, 3.8) is 0 Å². The maximum Gasteiger partial charge on any atom is 0.419 e. The monoisotopic (exact) mass is 581 g/mol. The Labute approximate surface area is 226 Å². The number of hydrogen-bond acceptors (Lipinski definition) is 6. The Morgan fingerprint density at radius 3 is 2.42 bits per heavy atom. The molecule has 0 aliphatic carbocycles. The number of benzene rings is 2. The number of anilines is 1. The van der Waals surface area contributed by atoms with Crippen molar-refractivity contribution in [3.8, 4) is 11.4 Å². The quantitative estimate of drug-likeness (QED) is 0.351. The van der Waals surface area contributed by atoms with E-state index in [1.54, 1.807) is 13.0 Å². The summed E-state index contributed by atoms with van der Waals surface area (Å²) in [7, 11) is -3.48. The Balaban J connectivity index is 1.52. The zero-order chi connectivity index (χ0) is 29.0. The number of rotatable bonds is 5. The molecule has 5 rings (SSSR count). The first-order valence-corrected chi connectivity index (χ1v) is 14.0. The van der Waals surface area contributed by atoms with Crippen molar-refractivity contribution in [1.29, 1.82) is 0 Å². The van der Waals surface area contributed by atoms with E-state index in [1.807, 2.05) is 35.2 Å². The molecule has 1 saturated heterocycles. The SMILES string of the molecule is Cc1nn(-c2cc(C(F)(F)F)c(F)c(O)c2F)c2cnc(N3CCN(S(C)(=O)=O)[C@@H](Cc4ccccc4)C3)cc12. The van der Waals surface area contributed by atoms with E-state index in [2.05, 4.69) is 10.1 Å². The number of phenols is 1. The minimum atomic E-state index is -5.18. The van der Waals surface area contributed by atoms with Gasteiger partial charge in [0.05, 0.1) is 29.2 Å². The summed E-state index contributed by atoms with van der Waals surface area (Å²) in [6.45, 7) is 2.44. The van der Waals surface area contributed by atoms with Crippen LogP contribution in [-0.4, -0.2) is 64.5 Å². The number of phenolic OH excluding ortho intramolecular Hbond substituents is 1. The first kappa shape index (κ1) is 27.8. The van der Waals surface area contributed by atoms with E-state index in [0.29, 0.717) is 36.4 Å². The molecule has 0 saturated carbocycles. The summed E-state index contributed by atoms with van der Waals surface area (Å²) >= 11 is 0. The third-order valence-electron chi connectivity index (χ3n) is 6.92. The van der Waals surface area contributed by atoms with Gasteiger partial charge in [0.25, 0.3) is 0 Å². The molecule has 2 aromatic carbocycles. The summed E-state index contributed by atoms with van der Waals surface area (Å²) in [5.74, 6) is -5.00. The molecule has 1 N–H and O–H groups in total. The number of nitrogens with zero attached hydrogens (tertiary/aromatic N) is 5. The van der Waals surface area contributed by atoms with Gasteiger partial charge in [-0.1, -0.05) is 30.3 Å². The lowest BCUT2D eigenvalue weighted by atomic mass is 10.0. The number of aromatic hydroxyl groups is 1. The van der Waals surface area contributed by atoms with E-state index < -0.39 is 44.8 Å². The maximum atomic E-state index is 14.8. The van der Waals surface area contributed by atoms with Gasteiger partial charge in [-0.05, 0) is 31.0 Å². The third-order valence-corrected chi connectivity index (χ3v) is 8.25. The van der Waals surface area contributed by atoms with Crippen LogP contribution in [0, 0.1) is 18.6 Å². The standard InChI is InChI=1S/C26H24F5N5O3S/c1-15-18-11-22(34-8-9-35(40(2,38)39)17(14-34)10-16-6-4-3-5-7-16)32-13-21(18)36(33-15)20-12-19(26(29,30)31)23(27)25(37)24(20)28/h3-7,11-13,17,37H,8-10,14H2,1-2H3/t17-/m0/s1. The number of halogens is 5. The lowest BCUT2D eigenvalue weighted by Gasteiger charge is -2.40. The molecule has 0 radical (unpaired) electrons. The van der Waals surface area contributed by atoms with E-state index in [0.717, 1.165) is 10.2 Å². The van der Waals surface area contributed by atoms with Gasteiger partial charge in [-0.15, -0.1) is 0 Å². The number of aryl methyl sites for hydroxylation is 1. The molecule has 14 heteroatoms. The second kappa shape index (κ2) is 10.0. The molecule has 4 aromatic rings. The van der Waals surface area contributed by atoms with Crippen LogP contribution in [0.15, 0.2) is 48.7 Å². The van der Waals surface area contributed by atoms with Crippen molar-refractivity contribution < 1.29 is 35.5 Å². The van der Waals surface area contributed by atoms with Gasteiger partial charge in [0.2, 0.25) is 10.0 Å². The van der Waals surface area contributed by atoms with Gasteiger partial charge >= 0.3 is 6.18 Å². The van der Waals surface area contributed by atoms with Gasteiger partial charge in [0.1, 0.15) is 11.5 Å². The van der Waals surface area contributed by atoms with Crippen LogP contribution >= 0.6 is 0 Å². The van der Waals surface area contributed by atoms with E-state index >= 15 is 0 Å². The average molecular weight is 582 g/mol. The number of sulfonamides is 1. The van der Waals surface area contributed by atoms with Crippen molar-refractivity contribution in [3.05, 3.63) is 77.1 Å². The number of alkyl halides is 3. The molecule has 0 amide bonds. The zero-order valence-corrected chi connectivity index (χ0v) is 22.1. The Hall–Kier alpha value is -3.78. The molecule has 0 bridgehead atoms. The highest BCUT2D eigenvalue weighted by Gasteiger charge is 2.38. The fraction of sp³-hybridized carbons (Fsp3) is 0.308. The number of fused-ring (bicyclic) bond motifs is 1. The minimum Gasteiger partial charge on any atom is -0.503 e. The normalized spacial score (nSPS) is 17.1. The van der Waals surface area contributed by atoms with Gasteiger partial charge in [0, 0.05) is 31.1 Å². The average Bonchev–Trinajstić information content (AvgIpc) is 3.22. The van der Waals surface area contributed by atoms with Crippen LogP contribution in [-0.2, 0) is 22.6 Å². The third kappa shape index (κ3) is 5.08. The molecule has 0 spiro atoms. The highest BCUT2D eigenvalue weighted by molar-refractivity contribution is 7.88. The van der Waals surface area contributed by atoms with Gasteiger partial charge in [-0.25, -0.2) is 26.9 Å². The molecule has 1 aliphatic rings. The van der Waals surface area contributed by atoms with Crippen LogP contribution < -0.4 is 4.90 Å². The van der Waals surface area contributed by atoms with Crippen molar-refractivity contribution >= 4 is 26.7 Å². The Morgan fingerprint density at radius 1 is 1.07 bits per heavy atom. The summed E-state index contributed by atoms with van der Waals surface area (Å²) in [6.07, 6.45) is -2.25. The Morgan fingerprint density at radius 2 is 1.77 bits per heavy atom. The van der Waals surface area contributed by atoms with Crippen LogP contribution in [0.5, 0.6) is 5.75 Å². The summed E-state index contributed by atoms with van der Waals surface area (Å²) in [4.78, 5) is 6.32. The molecule has 3 heterocycles. The lowest BCUT2D eigenvalue weighted by molar-refractivity contribution is -0.140. The van der Waals surface area contributed by atoms with Gasteiger partial charge in [0.15, 0.2) is 17.4 Å². The number of piperazine rings is 1. The first-order valence-electron chi connectivity index (χ1n) is 12.1. The van der Waals surface area contributed by atoms with Crippen LogP contribution in [0.2, 0.25) is 0 Å². The predicted octanol–water partition coefficient (Wildman–Crippen LogP) is 4.42. The van der Waals surface area contributed by atoms with Crippen molar-refractivity contribution in [2.45, 2.75) is 25.6 Å². The van der Waals surface area contributed by atoms with E-state index in [1.165, 1.54) is 16.8 Å². The molecule has 1 fully saturated rings. The van der Waals surface area contributed by atoms with Crippen molar-refractivity contribution in [1.82, 2.24) is 19.1 Å². The topological polar surface area (TPSA) is 91.6 Å². The van der Waals surface area contributed by atoms with Crippen LogP contribution in [0.3, 0.4) is 0 Å². The van der Waals surface area contributed by atoms with Crippen molar-refractivity contribution in [2.24, 2.45) is 0 Å². The van der Waals surface area contributed by atoms with Crippen molar-refractivity contribution in [2.75, 3.05) is 30.8 Å². The second-order valence-corrected chi connectivity index (χ2v) is 11.6. The largest absolute Gasteiger partial charge is 0.503 e. The minimum absolute atomic E-state index is 0.134. The highest BCUT2D eigenvalue weighted by Crippen LogP contribution is 2.39. The Bertz CT molecular complexity index is 1690. The second-order valence-electron chi connectivity index (χ2n) is 9.64. The van der Waals surface area contributed by atoms with Gasteiger partial charge < -0.3 is 10.0 Å². The molecule has 0 unspecified atom stereocenters. The lowest BCUT2D eigenvalue weighted by Crippen LogP contribution is -2.56. The molecular formula is C26H24F5N5O3S. The molecular weight excluding hydrogens is 557 g/mol. The molecule has 40 heavy (non-hydrogen) atoms. The van der Waals surface area contributed by atoms with E-state index in [4.69, 9.17) is 0 Å². The van der Waals surface area contributed by atoms with Gasteiger partial charge in [-0.3, -0.25) is 0 Å². The summed E-state index contributed by atoms with van der Waals surface area (Å²) < 4.78 is 96.1. The number of pyridine rings is 1. The van der Waals surface area contributed by atoms with Crippen LogP contribution in [0.4, 0.5) is 27.8 Å². The zero-order valence-electron chi connectivity index (χ0n) is 21.3. The van der Waals surface area contributed by atoms with E-state index in [9.17, 15) is 35.5 Å². The maximum absolute atomic E-state index is 14.8. The fourth-order valence-corrected chi connectivity index (χ4v) is 6.11. The predicted molar refractivity (Wildman–Crippen MR) is 138 cm³/mol. The summed E-state index contributed by atoms with van der Waals surface area (Å²) in [5, 5.41) is 14.3. The first-order chi connectivity index (χ1) is 18.8. The fourth-order valence-electron chi connectivity index (χ4n) is 5.01. The highest BCUT2D eigenvalue weighted by atomic mass is 32.2. The molecule has 212 valence electrons. The molecule has 2 aromatic heterocycles. The molecule has 8 nitrogen and oxygen atoms in total. The molecule has 1 aliphatic heterocycles. The Kier molecular flexibility index (Phi) is 6.94. The van der Waals surface area contributed by atoms with Crippen LogP contribution in [0.25, 0.3) is 16.6 Å². The van der Waals surface area contributed by atoms with Gasteiger partial charge in [-0.2, -0.15) is 22.6 Å². The smallest absolute Gasteiger partial charge is 0.419 e. The summed E-state index contributed by atoms with van der Waals surface area (Å²) in [5.41, 5.74) is -1.20. The van der Waals surface area contributed by atoms with Crippen LogP contribution in [0.1, 0.15) is 16.8 Å². The number of hydrogen-bond donors (Lipinski definition) is 1.